The van der Waals surface area contributed by atoms with Crippen molar-refractivity contribution >= 4 is 34.4 Å². The number of thiophene rings is 2. The molecule has 6 rings (SSSR count). The average molecular weight is 482 g/mol. The van der Waals surface area contributed by atoms with Crippen molar-refractivity contribution in [2.45, 2.75) is 38.3 Å². The van der Waals surface area contributed by atoms with Gasteiger partial charge in [0.25, 0.3) is 0 Å². The van der Waals surface area contributed by atoms with Gasteiger partial charge >= 0.3 is 6.03 Å². The lowest BCUT2D eigenvalue weighted by molar-refractivity contribution is 0.195. The Morgan fingerprint density at radius 2 is 1.94 bits per heavy atom. The van der Waals surface area contributed by atoms with Gasteiger partial charge in [-0.25, -0.2) is 13.6 Å². The van der Waals surface area contributed by atoms with Gasteiger partial charge in [-0.15, -0.1) is 22.7 Å². The van der Waals surface area contributed by atoms with E-state index in [1.807, 2.05) is 34.9 Å². The second-order valence-corrected chi connectivity index (χ2v) is 10.5. The molecular weight excluding hydrogens is 460 g/mol. The first-order chi connectivity index (χ1) is 16.1. The number of rotatable bonds is 2. The Labute approximate surface area is 198 Å². The molecule has 2 amide bonds. The molecule has 1 N–H and O–H groups in total. The van der Waals surface area contributed by atoms with Crippen LogP contribution in [0.4, 0.5) is 19.3 Å². The Bertz CT molecular complexity index is 1340. The van der Waals surface area contributed by atoms with Crippen molar-refractivity contribution in [1.82, 2.24) is 9.47 Å². The first-order valence-electron chi connectivity index (χ1n) is 11.0. The van der Waals surface area contributed by atoms with E-state index in [1.165, 1.54) is 33.5 Å². The molecule has 1 unspecified atom stereocenters. The van der Waals surface area contributed by atoms with Crippen LogP contribution in [0.2, 0.25) is 0 Å². The molecular formula is C25H21F2N3OS2. The molecule has 1 aliphatic heterocycles. The summed E-state index contributed by atoms with van der Waals surface area (Å²) in [7, 11) is 0. The SMILES string of the molecule is O=C(Nc1ccc(F)cc1F)N1Cc2c(sc3c2CCCC3)-n2cccc2C1c1cccs1. The van der Waals surface area contributed by atoms with Crippen LogP contribution in [0.25, 0.3) is 5.00 Å². The molecule has 1 aromatic carbocycles. The molecule has 0 spiro atoms. The standard InChI is InChI=1S/C25H21F2N3OS2/c26-15-9-10-19(18(27)13-15)28-25(31)30-14-17-16-5-1-2-7-21(16)33-24(17)29-11-3-6-20(29)23(30)22-8-4-12-32-22/h3-4,6,8-13,23H,1-2,5,7,14H2,(H,28,31). The number of nitrogens with zero attached hydrogens (tertiary/aromatic N) is 2. The maximum atomic E-state index is 14.4. The van der Waals surface area contributed by atoms with Gasteiger partial charge in [0, 0.05) is 27.6 Å². The highest BCUT2D eigenvalue weighted by Crippen LogP contribution is 2.44. The number of anilines is 1. The van der Waals surface area contributed by atoms with Crippen LogP contribution in [0.1, 0.15) is 45.5 Å². The molecule has 0 fully saturated rings. The van der Waals surface area contributed by atoms with E-state index >= 15 is 0 Å². The predicted molar refractivity (Wildman–Crippen MR) is 127 cm³/mol. The van der Waals surface area contributed by atoms with Crippen molar-refractivity contribution in [2.75, 3.05) is 5.32 Å². The summed E-state index contributed by atoms with van der Waals surface area (Å²) < 4.78 is 30.0. The molecule has 168 valence electrons. The fourth-order valence-electron chi connectivity index (χ4n) is 4.91. The third-order valence-corrected chi connectivity index (χ3v) is 8.68. The maximum absolute atomic E-state index is 14.4. The summed E-state index contributed by atoms with van der Waals surface area (Å²) in [4.78, 5) is 17.9. The number of benzene rings is 1. The van der Waals surface area contributed by atoms with Crippen LogP contribution in [-0.2, 0) is 19.4 Å². The summed E-state index contributed by atoms with van der Waals surface area (Å²) in [5.74, 6) is -1.47. The molecule has 4 aromatic rings. The number of urea groups is 1. The second kappa shape index (κ2) is 8.11. The molecule has 33 heavy (non-hydrogen) atoms. The second-order valence-electron chi connectivity index (χ2n) is 8.40. The van der Waals surface area contributed by atoms with Crippen LogP contribution < -0.4 is 5.32 Å². The molecule has 3 aromatic heterocycles. The number of nitrogens with one attached hydrogen (secondary N) is 1. The molecule has 1 aliphatic carbocycles. The highest BCUT2D eigenvalue weighted by molar-refractivity contribution is 7.15. The van der Waals surface area contributed by atoms with E-state index in [0.717, 1.165) is 42.0 Å². The van der Waals surface area contributed by atoms with E-state index in [1.54, 1.807) is 16.2 Å². The summed E-state index contributed by atoms with van der Waals surface area (Å²) in [6.07, 6.45) is 6.50. The third-order valence-electron chi connectivity index (χ3n) is 6.43. The lowest BCUT2D eigenvalue weighted by Crippen LogP contribution is -2.38. The molecule has 4 heterocycles. The smallest absolute Gasteiger partial charge is 0.310 e. The average Bonchev–Trinajstić information content (AvgIpc) is 3.55. The van der Waals surface area contributed by atoms with Crippen LogP contribution in [0.3, 0.4) is 0 Å². The Morgan fingerprint density at radius 1 is 1.06 bits per heavy atom. The van der Waals surface area contributed by atoms with Crippen LogP contribution in [0.15, 0.2) is 54.0 Å². The van der Waals surface area contributed by atoms with E-state index in [2.05, 4.69) is 22.1 Å². The van der Waals surface area contributed by atoms with Gasteiger partial charge in [0.05, 0.1) is 17.9 Å². The zero-order valence-corrected chi connectivity index (χ0v) is 19.3. The molecule has 2 aliphatic rings. The minimum atomic E-state index is -0.789. The summed E-state index contributed by atoms with van der Waals surface area (Å²) in [5, 5.41) is 5.87. The number of hydrogen-bond acceptors (Lipinski definition) is 3. The number of carbonyl (C=O) groups is 1. The summed E-state index contributed by atoms with van der Waals surface area (Å²) in [6, 6.07) is 10.5. The largest absolute Gasteiger partial charge is 0.323 e. The van der Waals surface area contributed by atoms with Gasteiger partial charge in [-0.1, -0.05) is 6.07 Å². The highest BCUT2D eigenvalue weighted by atomic mass is 32.1. The van der Waals surface area contributed by atoms with Gasteiger partial charge in [-0.2, -0.15) is 0 Å². The van der Waals surface area contributed by atoms with Crippen LogP contribution >= 0.6 is 22.7 Å². The molecule has 8 heteroatoms. The van der Waals surface area contributed by atoms with Crippen molar-refractivity contribution in [3.63, 3.8) is 0 Å². The normalized spacial score (nSPS) is 17.2. The van der Waals surface area contributed by atoms with Gasteiger partial charge in [-0.05, 0) is 67.0 Å². The van der Waals surface area contributed by atoms with E-state index in [-0.39, 0.29) is 11.7 Å². The molecule has 0 radical (unpaired) electrons. The fraction of sp³-hybridized carbons (Fsp3) is 0.240. The zero-order valence-electron chi connectivity index (χ0n) is 17.7. The number of aryl methyl sites for hydroxylation is 1. The number of aromatic nitrogens is 1. The summed E-state index contributed by atoms with van der Waals surface area (Å²) >= 11 is 3.42. The number of halogens is 2. The molecule has 4 nitrogen and oxygen atoms in total. The van der Waals surface area contributed by atoms with Crippen molar-refractivity contribution < 1.29 is 13.6 Å². The number of carbonyl (C=O) groups excluding carboxylic acids is 1. The Morgan fingerprint density at radius 3 is 2.76 bits per heavy atom. The van der Waals surface area contributed by atoms with E-state index in [0.29, 0.717) is 6.54 Å². The van der Waals surface area contributed by atoms with Crippen LogP contribution in [0.5, 0.6) is 0 Å². The monoisotopic (exact) mass is 481 g/mol. The molecule has 1 atom stereocenters. The van der Waals surface area contributed by atoms with Gasteiger partial charge in [0.15, 0.2) is 0 Å². The number of hydrogen-bond donors (Lipinski definition) is 1. The quantitative estimate of drug-likeness (QED) is 0.332. The van der Waals surface area contributed by atoms with Crippen molar-refractivity contribution in [2.24, 2.45) is 0 Å². The molecule has 0 saturated heterocycles. The minimum Gasteiger partial charge on any atom is -0.310 e. The summed E-state index contributed by atoms with van der Waals surface area (Å²) in [5.41, 5.74) is 3.52. The van der Waals surface area contributed by atoms with Crippen LogP contribution in [0, 0.1) is 11.6 Å². The van der Waals surface area contributed by atoms with Gasteiger partial charge < -0.3 is 14.8 Å². The Balaban J connectivity index is 1.48. The van der Waals surface area contributed by atoms with Gasteiger partial charge in [-0.3, -0.25) is 0 Å². The number of amides is 2. The predicted octanol–water partition coefficient (Wildman–Crippen LogP) is 6.89. The van der Waals surface area contributed by atoms with Gasteiger partial charge in [0.1, 0.15) is 22.7 Å². The molecule has 0 saturated carbocycles. The third kappa shape index (κ3) is 3.48. The zero-order chi connectivity index (χ0) is 22.5. The van der Waals surface area contributed by atoms with Crippen molar-refractivity contribution in [1.29, 1.82) is 0 Å². The van der Waals surface area contributed by atoms with E-state index in [4.69, 9.17) is 0 Å². The lowest BCUT2D eigenvalue weighted by Gasteiger charge is -2.30. The highest BCUT2D eigenvalue weighted by Gasteiger charge is 2.36. The van der Waals surface area contributed by atoms with E-state index < -0.39 is 17.7 Å². The minimum absolute atomic E-state index is 0.0291. The fourth-order valence-corrected chi connectivity index (χ4v) is 7.16. The molecule has 0 bridgehead atoms. The van der Waals surface area contributed by atoms with Crippen molar-refractivity contribution in [3.05, 3.63) is 92.3 Å². The maximum Gasteiger partial charge on any atom is 0.323 e. The first-order valence-corrected chi connectivity index (χ1v) is 12.7. The topological polar surface area (TPSA) is 37.3 Å². The van der Waals surface area contributed by atoms with Crippen molar-refractivity contribution in [3.8, 4) is 5.00 Å². The number of fused-ring (bicyclic) bond motifs is 5. The Hall–Kier alpha value is -2.97. The van der Waals surface area contributed by atoms with Gasteiger partial charge in [0.2, 0.25) is 0 Å². The summed E-state index contributed by atoms with van der Waals surface area (Å²) in [6.45, 7) is 0.431. The lowest BCUT2D eigenvalue weighted by atomic mass is 9.95. The first kappa shape index (κ1) is 20.6. The van der Waals surface area contributed by atoms with E-state index in [9.17, 15) is 13.6 Å². The Kier molecular flexibility index (Phi) is 5.07. The van der Waals surface area contributed by atoms with Crippen LogP contribution in [-0.4, -0.2) is 15.5 Å².